The Bertz CT molecular complexity index is 615. The second kappa shape index (κ2) is 8.65. The molecule has 1 aromatic rings. The summed E-state index contributed by atoms with van der Waals surface area (Å²) in [6.07, 6.45) is 0.526. The number of carbonyl (C=O) groups is 3. The first-order valence-corrected chi connectivity index (χ1v) is 8.72. The van der Waals surface area contributed by atoms with E-state index < -0.39 is 11.9 Å². The summed E-state index contributed by atoms with van der Waals surface area (Å²) in [5.74, 6) is -1.60. The predicted octanol–water partition coefficient (Wildman–Crippen LogP) is 2.21. The van der Waals surface area contributed by atoms with Gasteiger partial charge in [-0.1, -0.05) is 44.2 Å². The highest BCUT2D eigenvalue weighted by Crippen LogP contribution is 2.29. The maximum absolute atomic E-state index is 13.1. The first-order valence-electron chi connectivity index (χ1n) is 8.72. The highest BCUT2D eigenvalue weighted by molar-refractivity contribution is 5.85. The van der Waals surface area contributed by atoms with Gasteiger partial charge in [-0.2, -0.15) is 0 Å². The molecule has 2 rings (SSSR count). The Hall–Kier alpha value is -2.37. The van der Waals surface area contributed by atoms with Gasteiger partial charge in [-0.3, -0.25) is 14.4 Å². The van der Waals surface area contributed by atoms with E-state index in [-0.39, 0.29) is 36.6 Å². The number of hydrogen-bond donors (Lipinski definition) is 2. The number of amides is 2. The van der Waals surface area contributed by atoms with Crippen molar-refractivity contribution < 1.29 is 19.5 Å². The molecule has 1 fully saturated rings. The molecule has 2 N–H and O–H groups in total. The molecule has 6 heteroatoms. The van der Waals surface area contributed by atoms with Crippen molar-refractivity contribution >= 4 is 17.8 Å². The third-order valence-corrected chi connectivity index (χ3v) is 4.42. The third kappa shape index (κ3) is 5.31. The number of carbonyl (C=O) groups excluding carboxylic acids is 2. The van der Waals surface area contributed by atoms with Gasteiger partial charge in [0.15, 0.2) is 0 Å². The summed E-state index contributed by atoms with van der Waals surface area (Å²) >= 11 is 0. The first-order chi connectivity index (χ1) is 11.9. The molecule has 0 aromatic heterocycles. The Kier molecular flexibility index (Phi) is 6.56. The van der Waals surface area contributed by atoms with Gasteiger partial charge >= 0.3 is 5.97 Å². The van der Waals surface area contributed by atoms with E-state index in [0.717, 1.165) is 5.56 Å². The molecular formula is C19H26N2O4. The molecule has 0 saturated carbocycles. The van der Waals surface area contributed by atoms with Crippen LogP contribution in [-0.2, 0) is 14.4 Å². The minimum Gasteiger partial charge on any atom is -0.481 e. The Morgan fingerprint density at radius 2 is 1.96 bits per heavy atom. The standard InChI is InChI=1S/C19H26N2O4/c1-13(2)10-15(11-18(23)24)19(25)21-9-8-20-17(22)12-16(21)14-6-4-3-5-7-14/h3-7,13,15-16H,8-12H2,1-2H3,(H,20,22)(H,23,24). The SMILES string of the molecule is CC(C)CC(CC(=O)O)C(=O)N1CCNC(=O)CC1c1ccccc1. The molecule has 2 unspecified atom stereocenters. The van der Waals surface area contributed by atoms with Gasteiger partial charge in [0.25, 0.3) is 0 Å². The lowest BCUT2D eigenvalue weighted by Gasteiger charge is -2.33. The Balaban J connectivity index is 2.30. The van der Waals surface area contributed by atoms with Crippen molar-refractivity contribution in [1.29, 1.82) is 0 Å². The van der Waals surface area contributed by atoms with E-state index in [0.29, 0.717) is 19.5 Å². The zero-order chi connectivity index (χ0) is 18.4. The monoisotopic (exact) mass is 346 g/mol. The predicted molar refractivity (Wildman–Crippen MR) is 93.7 cm³/mol. The fourth-order valence-electron chi connectivity index (χ4n) is 3.35. The van der Waals surface area contributed by atoms with Gasteiger partial charge < -0.3 is 15.3 Å². The summed E-state index contributed by atoms with van der Waals surface area (Å²) in [7, 11) is 0. The number of aliphatic carboxylic acids is 1. The summed E-state index contributed by atoms with van der Waals surface area (Å²) in [5.41, 5.74) is 0.895. The van der Waals surface area contributed by atoms with Crippen LogP contribution >= 0.6 is 0 Å². The average Bonchev–Trinajstić information content (AvgIpc) is 2.75. The largest absolute Gasteiger partial charge is 0.481 e. The number of nitrogens with one attached hydrogen (secondary N) is 1. The smallest absolute Gasteiger partial charge is 0.304 e. The normalized spacial score (nSPS) is 19.2. The van der Waals surface area contributed by atoms with E-state index in [2.05, 4.69) is 5.32 Å². The van der Waals surface area contributed by atoms with E-state index in [9.17, 15) is 19.5 Å². The Labute approximate surface area is 148 Å². The van der Waals surface area contributed by atoms with Crippen molar-refractivity contribution in [2.24, 2.45) is 11.8 Å². The molecule has 1 saturated heterocycles. The van der Waals surface area contributed by atoms with Crippen LogP contribution in [0.25, 0.3) is 0 Å². The van der Waals surface area contributed by atoms with Crippen molar-refractivity contribution in [3.63, 3.8) is 0 Å². The molecule has 1 aromatic carbocycles. The van der Waals surface area contributed by atoms with Gasteiger partial charge in [0.2, 0.25) is 11.8 Å². The van der Waals surface area contributed by atoms with E-state index in [1.54, 1.807) is 4.90 Å². The Morgan fingerprint density at radius 3 is 2.56 bits per heavy atom. The van der Waals surface area contributed by atoms with Gasteiger partial charge in [-0.25, -0.2) is 0 Å². The number of carboxylic acids is 1. The highest BCUT2D eigenvalue weighted by atomic mass is 16.4. The van der Waals surface area contributed by atoms with E-state index in [1.807, 2.05) is 44.2 Å². The molecule has 136 valence electrons. The Morgan fingerprint density at radius 1 is 1.28 bits per heavy atom. The van der Waals surface area contributed by atoms with Crippen LogP contribution in [-0.4, -0.2) is 40.9 Å². The molecule has 0 aliphatic carbocycles. The van der Waals surface area contributed by atoms with Crippen molar-refractivity contribution in [1.82, 2.24) is 10.2 Å². The minimum atomic E-state index is -0.973. The molecule has 2 atom stereocenters. The van der Waals surface area contributed by atoms with Crippen LogP contribution < -0.4 is 5.32 Å². The zero-order valence-corrected chi connectivity index (χ0v) is 14.8. The second-order valence-corrected chi connectivity index (χ2v) is 6.94. The number of benzene rings is 1. The van der Waals surface area contributed by atoms with Crippen LogP contribution in [0.2, 0.25) is 0 Å². The molecule has 0 spiro atoms. The molecule has 1 aliphatic heterocycles. The van der Waals surface area contributed by atoms with Crippen LogP contribution in [0.1, 0.15) is 44.7 Å². The third-order valence-electron chi connectivity index (χ3n) is 4.42. The molecule has 6 nitrogen and oxygen atoms in total. The van der Waals surface area contributed by atoms with Crippen LogP contribution in [0.5, 0.6) is 0 Å². The summed E-state index contributed by atoms with van der Waals surface area (Å²) < 4.78 is 0. The highest BCUT2D eigenvalue weighted by Gasteiger charge is 2.34. The van der Waals surface area contributed by atoms with Crippen LogP contribution in [0.3, 0.4) is 0 Å². The van der Waals surface area contributed by atoms with Crippen LogP contribution in [0.15, 0.2) is 30.3 Å². The summed E-state index contributed by atoms with van der Waals surface area (Å²) in [6.45, 7) is 4.72. The lowest BCUT2D eigenvalue weighted by Crippen LogP contribution is -2.41. The quantitative estimate of drug-likeness (QED) is 0.827. The minimum absolute atomic E-state index is 0.0946. The maximum atomic E-state index is 13.1. The average molecular weight is 346 g/mol. The number of nitrogens with zero attached hydrogens (tertiary/aromatic N) is 1. The zero-order valence-electron chi connectivity index (χ0n) is 14.8. The maximum Gasteiger partial charge on any atom is 0.304 e. The van der Waals surface area contributed by atoms with Crippen LogP contribution in [0, 0.1) is 11.8 Å². The van der Waals surface area contributed by atoms with Gasteiger partial charge in [0, 0.05) is 19.0 Å². The molecule has 2 amide bonds. The molecule has 1 heterocycles. The molecule has 0 radical (unpaired) electrons. The van der Waals surface area contributed by atoms with Gasteiger partial charge in [0.1, 0.15) is 0 Å². The fourth-order valence-corrected chi connectivity index (χ4v) is 3.35. The van der Waals surface area contributed by atoms with Gasteiger partial charge in [-0.15, -0.1) is 0 Å². The van der Waals surface area contributed by atoms with E-state index >= 15 is 0 Å². The first kappa shape index (κ1) is 19.0. The lowest BCUT2D eigenvalue weighted by atomic mass is 9.91. The van der Waals surface area contributed by atoms with Gasteiger partial charge in [0.05, 0.1) is 18.9 Å². The lowest BCUT2D eigenvalue weighted by molar-refractivity contribution is -0.146. The van der Waals surface area contributed by atoms with Crippen molar-refractivity contribution in [2.75, 3.05) is 13.1 Å². The van der Waals surface area contributed by atoms with Crippen molar-refractivity contribution in [3.05, 3.63) is 35.9 Å². The number of carboxylic acid groups (broad SMARTS) is 1. The van der Waals surface area contributed by atoms with E-state index in [1.165, 1.54) is 0 Å². The molecule has 25 heavy (non-hydrogen) atoms. The molecule has 0 bridgehead atoms. The second-order valence-electron chi connectivity index (χ2n) is 6.94. The summed E-state index contributed by atoms with van der Waals surface area (Å²) in [6, 6.07) is 9.09. The summed E-state index contributed by atoms with van der Waals surface area (Å²) in [4.78, 5) is 38.0. The number of hydrogen-bond acceptors (Lipinski definition) is 3. The molecule has 1 aliphatic rings. The fraction of sp³-hybridized carbons (Fsp3) is 0.526. The molecular weight excluding hydrogens is 320 g/mol. The van der Waals surface area contributed by atoms with E-state index in [4.69, 9.17) is 0 Å². The number of rotatable bonds is 6. The topological polar surface area (TPSA) is 86.7 Å². The van der Waals surface area contributed by atoms with Crippen molar-refractivity contribution in [3.8, 4) is 0 Å². The van der Waals surface area contributed by atoms with Crippen LogP contribution in [0.4, 0.5) is 0 Å². The summed E-state index contributed by atoms with van der Waals surface area (Å²) in [5, 5.41) is 12.0. The van der Waals surface area contributed by atoms with Gasteiger partial charge in [-0.05, 0) is 17.9 Å². The van der Waals surface area contributed by atoms with Crippen molar-refractivity contribution in [2.45, 2.75) is 39.2 Å².